The smallest absolute Gasteiger partial charge is 0.293 e. The van der Waals surface area contributed by atoms with Crippen LogP contribution in [0.4, 0.5) is 19.7 Å². The number of carbonyl (C=O) groups excluding carboxylic acids is 2. The van der Waals surface area contributed by atoms with E-state index in [2.05, 4.69) is 37.2 Å². The van der Waals surface area contributed by atoms with Crippen molar-refractivity contribution in [3.8, 4) is 6.07 Å². The minimum Gasteiger partial charge on any atom is -0.346 e. The Morgan fingerprint density at radius 2 is 1.91 bits per heavy atom. The number of hydrogen-bond acceptors (Lipinski definition) is 10. The van der Waals surface area contributed by atoms with E-state index in [-0.39, 0.29) is 22.8 Å². The van der Waals surface area contributed by atoms with Crippen molar-refractivity contribution in [2.75, 3.05) is 43.1 Å². The molecule has 3 rings (SSSR count). The molecule has 2 aromatic heterocycles. The summed E-state index contributed by atoms with van der Waals surface area (Å²) in [5, 5.41) is 11.9. The quantitative estimate of drug-likeness (QED) is 0.407. The van der Waals surface area contributed by atoms with E-state index >= 15 is 0 Å². The van der Waals surface area contributed by atoms with E-state index in [1.807, 2.05) is 19.9 Å². The lowest BCUT2D eigenvalue weighted by Crippen LogP contribution is -2.49. The average molecular weight is 529 g/mol. The van der Waals surface area contributed by atoms with Gasteiger partial charge in [-0.15, -0.1) is 0 Å². The number of anilines is 2. The first kappa shape index (κ1) is 28.3. The van der Waals surface area contributed by atoms with Crippen LogP contribution < -0.4 is 15.3 Å². The zero-order valence-electron chi connectivity index (χ0n) is 19.6. The Hall–Kier alpha value is -2.95. The number of likely N-dealkylation sites (N-methyl/N-ethyl adjacent to an activating group) is 1. The Kier molecular flexibility index (Phi) is 11.2. The summed E-state index contributed by atoms with van der Waals surface area (Å²) in [6, 6.07) is 1.87. The van der Waals surface area contributed by atoms with E-state index in [0.29, 0.717) is 10.7 Å². The highest BCUT2D eigenvalue weighted by atomic mass is 35.5. The molecule has 0 radical (unpaired) electrons. The summed E-state index contributed by atoms with van der Waals surface area (Å²) in [6.45, 7) is 7.75. The number of nitriles is 1. The number of carbonyl (C=O) groups is 2. The topological polar surface area (TPSA) is 118 Å². The highest BCUT2D eigenvalue weighted by molar-refractivity contribution is 7.17. The molecule has 0 bridgehead atoms. The van der Waals surface area contributed by atoms with E-state index in [1.165, 1.54) is 17.5 Å². The third-order valence-electron chi connectivity index (χ3n) is 5.18. The van der Waals surface area contributed by atoms with Crippen LogP contribution in [-0.4, -0.2) is 77.7 Å². The average Bonchev–Trinajstić information content (AvgIpc) is 3.36. The third-order valence-corrected chi connectivity index (χ3v) is 6.50. The molecular weight excluding hydrogens is 502 g/mol. The Balaban J connectivity index is 0.000000784. The molecule has 0 atom stereocenters. The number of piperazine rings is 1. The van der Waals surface area contributed by atoms with E-state index in [9.17, 15) is 13.6 Å². The largest absolute Gasteiger partial charge is 0.346 e. The maximum absolute atomic E-state index is 13.0. The number of rotatable bonds is 8. The number of aromatic nitrogens is 3. The summed E-state index contributed by atoms with van der Waals surface area (Å²) in [5.41, 5.74) is 2.92. The van der Waals surface area contributed by atoms with E-state index in [0.717, 1.165) is 44.2 Å². The number of halogens is 3. The van der Waals surface area contributed by atoms with Crippen molar-refractivity contribution >= 4 is 46.1 Å². The number of alkyl halides is 2. The van der Waals surface area contributed by atoms with Gasteiger partial charge in [-0.25, -0.2) is 18.7 Å². The molecule has 190 valence electrons. The molecule has 1 N–H and O–H groups in total. The van der Waals surface area contributed by atoms with Crippen LogP contribution in [0.2, 0.25) is 5.02 Å². The maximum atomic E-state index is 13.0. The lowest BCUT2D eigenvalue weighted by Gasteiger charge is -2.32. The van der Waals surface area contributed by atoms with Gasteiger partial charge in [0.05, 0.1) is 18.4 Å². The molecular formula is C21H27ClF2N8O2S. The number of amides is 1. The van der Waals surface area contributed by atoms with Crippen molar-refractivity contribution in [3.05, 3.63) is 28.1 Å². The highest BCUT2D eigenvalue weighted by Gasteiger charge is 2.25. The molecule has 1 fully saturated rings. The zero-order valence-corrected chi connectivity index (χ0v) is 21.2. The van der Waals surface area contributed by atoms with Crippen LogP contribution in [0.25, 0.3) is 0 Å². The standard InChI is InChI=1S/C19H25ClN8OS.C2H2F2O/c1-4-13(5-2)28(17-14(20)11-22-16(10-21)24-17)25-18(29)15-12-23-19(30-15)27-8-6-26(3)7-9-27;3-2(4)1-5/h11-13H,4-9H2,1-3H3,(H,25,29);1-2H. The van der Waals surface area contributed by atoms with Crippen molar-refractivity contribution in [2.45, 2.75) is 39.2 Å². The molecule has 0 aromatic carbocycles. The molecule has 0 aliphatic carbocycles. The van der Waals surface area contributed by atoms with Gasteiger partial charge < -0.3 is 9.80 Å². The predicted molar refractivity (Wildman–Crippen MR) is 130 cm³/mol. The summed E-state index contributed by atoms with van der Waals surface area (Å²) in [7, 11) is 2.10. The Morgan fingerprint density at radius 3 is 2.46 bits per heavy atom. The molecule has 1 saturated heterocycles. The molecule has 1 aliphatic heterocycles. The molecule has 35 heavy (non-hydrogen) atoms. The molecule has 1 amide bonds. The van der Waals surface area contributed by atoms with Gasteiger partial charge in [0.15, 0.2) is 17.2 Å². The van der Waals surface area contributed by atoms with Crippen molar-refractivity contribution in [2.24, 2.45) is 0 Å². The third kappa shape index (κ3) is 8.05. The summed E-state index contributed by atoms with van der Waals surface area (Å²) in [6.07, 6.45) is 1.28. The lowest BCUT2D eigenvalue weighted by molar-refractivity contribution is -0.116. The number of aldehydes is 1. The summed E-state index contributed by atoms with van der Waals surface area (Å²) < 4.78 is 20.8. The molecule has 10 nitrogen and oxygen atoms in total. The summed E-state index contributed by atoms with van der Waals surface area (Å²) in [5.74, 6) is 0.0248. The van der Waals surface area contributed by atoms with Gasteiger partial charge >= 0.3 is 0 Å². The van der Waals surface area contributed by atoms with Gasteiger partial charge in [-0.3, -0.25) is 20.0 Å². The van der Waals surface area contributed by atoms with Gasteiger partial charge in [0.2, 0.25) is 5.82 Å². The number of nitrogens with one attached hydrogen (secondary N) is 1. The van der Waals surface area contributed by atoms with Gasteiger partial charge in [0, 0.05) is 26.2 Å². The van der Waals surface area contributed by atoms with Crippen LogP contribution >= 0.6 is 22.9 Å². The van der Waals surface area contributed by atoms with Gasteiger partial charge in [-0.1, -0.05) is 36.8 Å². The Labute approximate surface area is 211 Å². The first-order valence-electron chi connectivity index (χ1n) is 10.9. The fraction of sp³-hybridized carbons (Fsp3) is 0.524. The first-order valence-corrected chi connectivity index (χ1v) is 12.1. The monoisotopic (exact) mass is 528 g/mol. The van der Waals surface area contributed by atoms with Crippen LogP contribution in [0.15, 0.2) is 12.4 Å². The van der Waals surface area contributed by atoms with Gasteiger partial charge in [0.1, 0.15) is 16.0 Å². The van der Waals surface area contributed by atoms with Crippen molar-refractivity contribution in [1.82, 2.24) is 25.3 Å². The molecule has 0 unspecified atom stereocenters. The first-order chi connectivity index (χ1) is 16.7. The van der Waals surface area contributed by atoms with Gasteiger partial charge in [0.25, 0.3) is 12.3 Å². The van der Waals surface area contributed by atoms with Crippen LogP contribution in [0.3, 0.4) is 0 Å². The van der Waals surface area contributed by atoms with Gasteiger partial charge in [-0.05, 0) is 19.9 Å². The number of hydrogen-bond donors (Lipinski definition) is 1. The van der Waals surface area contributed by atoms with Crippen molar-refractivity contribution < 1.29 is 18.4 Å². The Bertz CT molecular complexity index is 1020. The minimum absolute atomic E-state index is 0.00486. The van der Waals surface area contributed by atoms with Crippen molar-refractivity contribution in [3.63, 3.8) is 0 Å². The number of nitrogens with zero attached hydrogens (tertiary/aromatic N) is 7. The van der Waals surface area contributed by atoms with Crippen LogP contribution in [0.1, 0.15) is 42.2 Å². The normalized spacial score (nSPS) is 13.7. The summed E-state index contributed by atoms with van der Waals surface area (Å²) >= 11 is 7.67. The number of thiazole rings is 1. The van der Waals surface area contributed by atoms with Crippen LogP contribution in [0.5, 0.6) is 0 Å². The van der Waals surface area contributed by atoms with Gasteiger partial charge in [-0.2, -0.15) is 10.2 Å². The minimum atomic E-state index is -2.80. The maximum Gasteiger partial charge on any atom is 0.293 e. The molecule has 14 heteroatoms. The second-order valence-corrected chi connectivity index (χ2v) is 8.94. The fourth-order valence-corrected chi connectivity index (χ4v) is 4.27. The molecule has 2 aromatic rings. The van der Waals surface area contributed by atoms with Crippen molar-refractivity contribution in [1.29, 1.82) is 5.26 Å². The molecule has 0 saturated carbocycles. The Morgan fingerprint density at radius 1 is 1.29 bits per heavy atom. The number of hydrazine groups is 1. The lowest BCUT2D eigenvalue weighted by atomic mass is 10.1. The SMILES string of the molecule is CCC(CC)N(NC(=O)c1cnc(N2CCN(C)CC2)s1)c1nc(C#N)ncc1Cl.O=CC(F)F. The molecule has 1 aliphatic rings. The van der Waals surface area contributed by atoms with E-state index in [1.54, 1.807) is 11.2 Å². The predicted octanol–water partition coefficient (Wildman–Crippen LogP) is 3.00. The second-order valence-electron chi connectivity index (χ2n) is 7.53. The fourth-order valence-electron chi connectivity index (χ4n) is 3.23. The second kappa shape index (κ2) is 13.8. The molecule has 3 heterocycles. The van der Waals surface area contributed by atoms with E-state index < -0.39 is 12.7 Å². The van der Waals surface area contributed by atoms with E-state index in [4.69, 9.17) is 21.7 Å². The van der Waals surface area contributed by atoms with Crippen LogP contribution in [0, 0.1) is 11.3 Å². The zero-order chi connectivity index (χ0) is 26.0. The molecule has 0 spiro atoms. The van der Waals surface area contributed by atoms with Crippen LogP contribution in [-0.2, 0) is 4.79 Å². The summed E-state index contributed by atoms with van der Waals surface area (Å²) in [4.78, 5) is 39.3. The highest BCUT2D eigenvalue weighted by Crippen LogP contribution is 2.27.